The number of anilines is 1. The zero-order valence-electron chi connectivity index (χ0n) is 18.8. The van der Waals surface area contributed by atoms with Gasteiger partial charge in [0, 0.05) is 32.2 Å². The number of benzene rings is 1. The molecule has 2 aliphatic rings. The van der Waals surface area contributed by atoms with Crippen LogP contribution in [0.25, 0.3) is 0 Å². The smallest absolute Gasteiger partial charge is 0.293 e. The molecule has 0 spiro atoms. The number of nitrogens with one attached hydrogen (secondary N) is 1. The number of nitro benzene ring substituents is 1. The van der Waals surface area contributed by atoms with Gasteiger partial charge in [0.15, 0.2) is 0 Å². The standard InChI is InChI=1S/C21H32N4O6S/c1-15(2)20(21(26)23-8-6-16(3)7-9-23)22-18-5-4-17(14-19(18)25(27)28)32(29,30)24-10-12-31-13-11-24/h4-5,14-16,20,22H,6-13H2,1-3H3. The molecule has 0 radical (unpaired) electrons. The van der Waals surface area contributed by atoms with E-state index in [0.717, 1.165) is 18.9 Å². The Bertz CT molecular complexity index is 938. The summed E-state index contributed by atoms with van der Waals surface area (Å²) in [7, 11) is -3.87. The number of nitrogens with zero attached hydrogens (tertiary/aromatic N) is 3. The van der Waals surface area contributed by atoms with Crippen LogP contribution in [0.1, 0.15) is 33.6 Å². The fraction of sp³-hybridized carbons (Fsp3) is 0.667. The molecule has 2 aliphatic heterocycles. The van der Waals surface area contributed by atoms with E-state index in [1.165, 1.54) is 16.4 Å². The SMILES string of the molecule is CC1CCN(C(=O)C(Nc2ccc(S(=O)(=O)N3CCOCC3)cc2[N+](=O)[O-])C(C)C)CC1. The van der Waals surface area contributed by atoms with Crippen LogP contribution in [-0.4, -0.2) is 73.9 Å². The van der Waals surface area contributed by atoms with Crippen LogP contribution >= 0.6 is 0 Å². The lowest BCUT2D eigenvalue weighted by Gasteiger charge is -2.34. The summed E-state index contributed by atoms with van der Waals surface area (Å²) in [6.07, 6.45) is 1.87. The summed E-state index contributed by atoms with van der Waals surface area (Å²) >= 11 is 0. The van der Waals surface area contributed by atoms with E-state index in [9.17, 15) is 23.3 Å². The highest BCUT2D eigenvalue weighted by atomic mass is 32.2. The lowest BCUT2D eigenvalue weighted by atomic mass is 9.96. The van der Waals surface area contributed by atoms with Crippen LogP contribution in [0.3, 0.4) is 0 Å². The van der Waals surface area contributed by atoms with Crippen LogP contribution in [0.2, 0.25) is 0 Å². The van der Waals surface area contributed by atoms with Crippen LogP contribution in [0.5, 0.6) is 0 Å². The van der Waals surface area contributed by atoms with E-state index in [4.69, 9.17) is 4.74 Å². The molecule has 0 bridgehead atoms. The zero-order chi connectivity index (χ0) is 23.5. The summed E-state index contributed by atoms with van der Waals surface area (Å²) in [4.78, 5) is 26.0. The van der Waals surface area contributed by atoms with Crippen LogP contribution in [0.4, 0.5) is 11.4 Å². The second-order valence-corrected chi connectivity index (χ2v) is 10.8. The van der Waals surface area contributed by atoms with Gasteiger partial charge in [-0.1, -0.05) is 20.8 Å². The first-order chi connectivity index (χ1) is 15.1. The number of rotatable bonds is 7. The van der Waals surface area contributed by atoms with Crippen molar-refractivity contribution in [2.24, 2.45) is 11.8 Å². The van der Waals surface area contributed by atoms with Crippen LogP contribution in [-0.2, 0) is 19.6 Å². The highest BCUT2D eigenvalue weighted by molar-refractivity contribution is 7.89. The number of nitro groups is 1. The first kappa shape index (κ1) is 24.4. The van der Waals surface area contributed by atoms with Gasteiger partial charge in [-0.3, -0.25) is 14.9 Å². The molecule has 11 heteroatoms. The molecule has 1 atom stereocenters. The number of hydrogen-bond acceptors (Lipinski definition) is 7. The second kappa shape index (κ2) is 10.1. The Labute approximate surface area is 189 Å². The third-order valence-corrected chi connectivity index (χ3v) is 8.01. The first-order valence-corrected chi connectivity index (χ1v) is 12.5. The average Bonchev–Trinajstić information content (AvgIpc) is 2.77. The van der Waals surface area contributed by atoms with Crippen molar-refractivity contribution in [1.29, 1.82) is 0 Å². The van der Waals surface area contributed by atoms with Gasteiger partial charge >= 0.3 is 0 Å². The number of likely N-dealkylation sites (tertiary alicyclic amines) is 1. The summed E-state index contributed by atoms with van der Waals surface area (Å²) in [6.45, 7) is 8.24. The van der Waals surface area contributed by atoms with Crippen molar-refractivity contribution in [3.8, 4) is 0 Å². The van der Waals surface area contributed by atoms with Crippen molar-refractivity contribution >= 4 is 27.3 Å². The molecule has 1 N–H and O–H groups in total. The molecule has 32 heavy (non-hydrogen) atoms. The maximum absolute atomic E-state index is 13.1. The predicted molar refractivity (Wildman–Crippen MR) is 120 cm³/mol. The third-order valence-electron chi connectivity index (χ3n) is 6.11. The molecular weight excluding hydrogens is 436 g/mol. The summed E-state index contributed by atoms with van der Waals surface area (Å²) in [5.41, 5.74) is -0.238. The molecule has 1 aromatic carbocycles. The van der Waals surface area contributed by atoms with E-state index < -0.39 is 21.0 Å². The number of carbonyl (C=O) groups is 1. The van der Waals surface area contributed by atoms with Crippen LogP contribution in [0.15, 0.2) is 23.1 Å². The van der Waals surface area contributed by atoms with E-state index >= 15 is 0 Å². The van der Waals surface area contributed by atoms with Crippen molar-refractivity contribution in [2.45, 2.75) is 44.6 Å². The fourth-order valence-electron chi connectivity index (χ4n) is 3.99. The van der Waals surface area contributed by atoms with Gasteiger partial charge < -0.3 is 15.0 Å². The van der Waals surface area contributed by atoms with Gasteiger partial charge in [0.1, 0.15) is 11.7 Å². The molecule has 1 unspecified atom stereocenters. The minimum atomic E-state index is -3.87. The molecule has 178 valence electrons. The quantitative estimate of drug-likeness (QED) is 0.481. The molecular formula is C21H32N4O6S. The Morgan fingerprint density at radius 2 is 1.81 bits per heavy atom. The normalized spacial score (nSPS) is 19.7. The lowest BCUT2D eigenvalue weighted by Crippen LogP contribution is -2.48. The van der Waals surface area contributed by atoms with Crippen molar-refractivity contribution < 1.29 is 22.9 Å². The molecule has 0 saturated carbocycles. The Balaban J connectivity index is 1.86. The number of amides is 1. The van der Waals surface area contributed by atoms with Crippen molar-refractivity contribution in [3.63, 3.8) is 0 Å². The van der Waals surface area contributed by atoms with Crippen LogP contribution in [0, 0.1) is 22.0 Å². The maximum atomic E-state index is 13.1. The molecule has 0 aliphatic carbocycles. The summed E-state index contributed by atoms with van der Waals surface area (Å²) in [5.74, 6) is 0.371. The molecule has 0 aromatic heterocycles. The van der Waals surface area contributed by atoms with Gasteiger partial charge in [0.05, 0.1) is 23.0 Å². The molecule has 1 aromatic rings. The van der Waals surface area contributed by atoms with Gasteiger partial charge in [-0.15, -0.1) is 0 Å². The van der Waals surface area contributed by atoms with E-state index in [-0.39, 0.29) is 54.4 Å². The minimum absolute atomic E-state index is 0.0915. The predicted octanol–water partition coefficient (Wildman–Crippen LogP) is 2.31. The summed E-state index contributed by atoms with van der Waals surface area (Å²) < 4.78 is 32.3. The Hall–Kier alpha value is -2.24. The topological polar surface area (TPSA) is 122 Å². The number of piperidine rings is 1. The highest BCUT2D eigenvalue weighted by Crippen LogP contribution is 2.31. The van der Waals surface area contributed by atoms with Gasteiger partial charge in [0.2, 0.25) is 15.9 Å². The van der Waals surface area contributed by atoms with E-state index in [1.807, 2.05) is 13.8 Å². The molecule has 10 nitrogen and oxygen atoms in total. The molecule has 2 fully saturated rings. The van der Waals surface area contributed by atoms with Gasteiger partial charge in [-0.05, 0) is 36.8 Å². The van der Waals surface area contributed by atoms with E-state index in [2.05, 4.69) is 12.2 Å². The highest BCUT2D eigenvalue weighted by Gasteiger charge is 2.33. The fourth-order valence-corrected chi connectivity index (χ4v) is 5.42. The monoisotopic (exact) mass is 468 g/mol. The summed E-state index contributed by atoms with van der Waals surface area (Å²) in [6, 6.07) is 3.15. The minimum Gasteiger partial charge on any atom is -0.379 e. The van der Waals surface area contributed by atoms with Crippen molar-refractivity contribution in [2.75, 3.05) is 44.7 Å². The number of sulfonamides is 1. The average molecular weight is 469 g/mol. The van der Waals surface area contributed by atoms with E-state index in [0.29, 0.717) is 19.0 Å². The zero-order valence-corrected chi connectivity index (χ0v) is 19.6. The largest absolute Gasteiger partial charge is 0.379 e. The Morgan fingerprint density at radius 1 is 1.19 bits per heavy atom. The summed E-state index contributed by atoms with van der Waals surface area (Å²) in [5, 5.41) is 14.8. The van der Waals surface area contributed by atoms with Gasteiger partial charge in [-0.25, -0.2) is 8.42 Å². The number of morpholine rings is 1. The molecule has 3 rings (SSSR count). The maximum Gasteiger partial charge on any atom is 0.293 e. The molecule has 2 saturated heterocycles. The number of hydrogen-bond donors (Lipinski definition) is 1. The third kappa shape index (κ3) is 5.38. The van der Waals surface area contributed by atoms with E-state index in [1.54, 1.807) is 4.90 Å². The second-order valence-electron chi connectivity index (χ2n) is 8.83. The molecule has 2 heterocycles. The number of ether oxygens (including phenoxy) is 1. The molecule has 1 amide bonds. The first-order valence-electron chi connectivity index (χ1n) is 11.0. The van der Waals surface area contributed by atoms with Gasteiger partial charge in [0.25, 0.3) is 5.69 Å². The number of carbonyl (C=O) groups excluding carboxylic acids is 1. The Morgan fingerprint density at radius 3 is 2.38 bits per heavy atom. The van der Waals surface area contributed by atoms with Crippen molar-refractivity contribution in [3.05, 3.63) is 28.3 Å². The Kier molecular flexibility index (Phi) is 7.73. The lowest BCUT2D eigenvalue weighted by molar-refractivity contribution is -0.384. The van der Waals surface area contributed by atoms with Crippen LogP contribution < -0.4 is 5.32 Å². The van der Waals surface area contributed by atoms with Crippen molar-refractivity contribution in [1.82, 2.24) is 9.21 Å². The van der Waals surface area contributed by atoms with Gasteiger partial charge in [-0.2, -0.15) is 4.31 Å².